The van der Waals surface area contributed by atoms with Crippen LogP contribution in [-0.2, 0) is 0 Å². The number of aromatic nitrogens is 4. The fourth-order valence-electron chi connectivity index (χ4n) is 9.55. The second-order valence-electron chi connectivity index (χ2n) is 16.0. The van der Waals surface area contributed by atoms with E-state index in [4.69, 9.17) is 15.0 Å². The van der Waals surface area contributed by atoms with Gasteiger partial charge < -0.3 is 4.90 Å². The molecular weight excluding hydrogens is 787 g/mol. The number of hydrogen-bond donors (Lipinski definition) is 0. The van der Waals surface area contributed by atoms with Crippen molar-refractivity contribution in [2.75, 3.05) is 4.90 Å². The van der Waals surface area contributed by atoms with Gasteiger partial charge in [-0.25, -0.2) is 4.98 Å². The Labute approximate surface area is 366 Å². The summed E-state index contributed by atoms with van der Waals surface area (Å²) in [5.41, 5.74) is 7.17. The fraction of sp³-hybridized carbons (Fsp3) is 0. The number of nitrogens with zero attached hydrogens (tertiary/aromatic N) is 5. The zero-order valence-electron chi connectivity index (χ0n) is 33.9. The van der Waals surface area contributed by atoms with Crippen LogP contribution in [0.1, 0.15) is 0 Å². The molecule has 0 aliphatic rings. The third kappa shape index (κ3) is 5.73. The van der Waals surface area contributed by atoms with Crippen molar-refractivity contribution in [2.24, 2.45) is 0 Å². The number of benzene rings is 10. The number of hydrogen-bond acceptors (Lipinski definition) is 5. The molecule has 10 aromatic carbocycles. The molecule has 0 aliphatic heterocycles. The lowest BCUT2D eigenvalue weighted by molar-refractivity contribution is 0.954. The summed E-state index contributed by atoms with van der Waals surface area (Å²) in [7, 11) is 0. The van der Waals surface area contributed by atoms with Gasteiger partial charge in [0.15, 0.2) is 11.6 Å². The summed E-state index contributed by atoms with van der Waals surface area (Å²) in [5, 5.41) is 11.9. The van der Waals surface area contributed by atoms with Crippen LogP contribution in [0.4, 0.5) is 17.1 Å². The topological polar surface area (TPSA) is 46.8 Å². The molecule has 63 heavy (non-hydrogen) atoms. The molecule has 0 saturated heterocycles. The largest absolute Gasteiger partial charge is 0.310 e. The van der Waals surface area contributed by atoms with E-state index in [1.165, 1.54) is 47.1 Å². The van der Waals surface area contributed by atoms with E-state index in [1.54, 1.807) is 0 Å². The fourth-order valence-corrected chi connectivity index (χ4v) is 10.7. The summed E-state index contributed by atoms with van der Waals surface area (Å²) in [6.45, 7) is 0. The molecule has 5 nitrogen and oxygen atoms in total. The second kappa shape index (κ2) is 14.2. The van der Waals surface area contributed by atoms with E-state index >= 15 is 0 Å². The Balaban J connectivity index is 1.09. The molecule has 0 bridgehead atoms. The molecular formula is C57H35N5S. The van der Waals surface area contributed by atoms with E-state index < -0.39 is 0 Å². The van der Waals surface area contributed by atoms with Gasteiger partial charge in [-0.3, -0.25) is 4.57 Å². The van der Waals surface area contributed by atoms with Crippen LogP contribution < -0.4 is 4.90 Å². The van der Waals surface area contributed by atoms with Crippen LogP contribution in [0.15, 0.2) is 212 Å². The van der Waals surface area contributed by atoms with E-state index in [0.717, 1.165) is 55.4 Å². The summed E-state index contributed by atoms with van der Waals surface area (Å²) in [6.07, 6.45) is 0. The Morgan fingerprint density at radius 3 is 1.83 bits per heavy atom. The van der Waals surface area contributed by atoms with Crippen molar-refractivity contribution in [1.29, 1.82) is 0 Å². The van der Waals surface area contributed by atoms with Gasteiger partial charge in [0.25, 0.3) is 0 Å². The SMILES string of the molecule is c1ccc(-c2nc(-c3cc4sc5ccccc5c4c4ccccc34)nc(-n3c4ccc(N(c5ccccc5)c5ccc6ccccc6c5)cc4c4c5ccccc5ccc43)n2)cc1. The Kier molecular flexibility index (Phi) is 8.01. The normalized spacial score (nSPS) is 11.8. The van der Waals surface area contributed by atoms with Crippen molar-refractivity contribution in [3.63, 3.8) is 0 Å². The lowest BCUT2D eigenvalue weighted by atomic mass is 9.99. The molecule has 13 aromatic rings. The van der Waals surface area contributed by atoms with Gasteiger partial charge in [0.2, 0.25) is 5.95 Å². The van der Waals surface area contributed by atoms with Crippen molar-refractivity contribution in [3.05, 3.63) is 212 Å². The molecule has 0 atom stereocenters. The molecule has 0 radical (unpaired) electrons. The molecule has 13 rings (SSSR count). The highest BCUT2D eigenvalue weighted by atomic mass is 32.1. The van der Waals surface area contributed by atoms with Crippen molar-refractivity contribution >= 4 is 103 Å². The van der Waals surface area contributed by atoms with Gasteiger partial charge in [-0.05, 0) is 93.0 Å². The predicted octanol–water partition coefficient (Wildman–Crippen LogP) is 15.6. The smallest absolute Gasteiger partial charge is 0.238 e. The molecule has 294 valence electrons. The van der Waals surface area contributed by atoms with Crippen LogP contribution in [-0.4, -0.2) is 19.5 Å². The summed E-state index contributed by atoms with van der Waals surface area (Å²) >= 11 is 1.81. The Morgan fingerprint density at radius 1 is 0.365 bits per heavy atom. The van der Waals surface area contributed by atoms with Crippen LogP contribution in [0.25, 0.3) is 103 Å². The average Bonchev–Trinajstić information content (AvgIpc) is 3.90. The highest BCUT2D eigenvalue weighted by molar-refractivity contribution is 7.26. The quantitative estimate of drug-likeness (QED) is 0.168. The summed E-state index contributed by atoms with van der Waals surface area (Å²) in [6, 6.07) is 75.7. The first-order valence-corrected chi connectivity index (χ1v) is 22.0. The number of rotatable bonds is 6. The summed E-state index contributed by atoms with van der Waals surface area (Å²) < 4.78 is 4.71. The highest BCUT2D eigenvalue weighted by Crippen LogP contribution is 2.44. The lowest BCUT2D eigenvalue weighted by Gasteiger charge is -2.26. The second-order valence-corrected chi connectivity index (χ2v) is 17.1. The molecule has 6 heteroatoms. The van der Waals surface area contributed by atoms with Crippen LogP contribution in [0, 0.1) is 0 Å². The van der Waals surface area contributed by atoms with Gasteiger partial charge in [0.1, 0.15) is 0 Å². The third-order valence-electron chi connectivity index (χ3n) is 12.4. The highest BCUT2D eigenvalue weighted by Gasteiger charge is 2.23. The van der Waals surface area contributed by atoms with Gasteiger partial charge in [-0.2, -0.15) is 9.97 Å². The first kappa shape index (κ1) is 35.6. The average molecular weight is 822 g/mol. The maximum atomic E-state index is 5.48. The van der Waals surface area contributed by atoms with Gasteiger partial charge in [0.05, 0.1) is 11.0 Å². The van der Waals surface area contributed by atoms with Crippen molar-refractivity contribution in [3.8, 4) is 28.7 Å². The van der Waals surface area contributed by atoms with Crippen molar-refractivity contribution in [1.82, 2.24) is 19.5 Å². The minimum absolute atomic E-state index is 0.567. The zero-order chi connectivity index (χ0) is 41.4. The number of para-hydroxylation sites is 1. The molecule has 0 amide bonds. The number of fused-ring (bicyclic) bond motifs is 11. The standard InChI is InChI=1S/C57H35N5S/c1-3-17-38(18-4-1)55-58-56(47-35-52-54(45-24-12-11-23-44(45)47)46-25-13-14-26-51(46)63-52)60-57(59-55)62-49-32-30-42(34-48(49)53-43-22-10-9-16-37(43)28-31-50(53)62)61(40-20-5-2-6-21-40)41-29-27-36-15-7-8-19-39(36)33-41/h1-35H. The summed E-state index contributed by atoms with van der Waals surface area (Å²) in [4.78, 5) is 18.5. The first-order valence-electron chi connectivity index (χ1n) is 21.2. The zero-order valence-corrected chi connectivity index (χ0v) is 34.7. The van der Waals surface area contributed by atoms with Crippen LogP contribution in [0.3, 0.4) is 0 Å². The van der Waals surface area contributed by atoms with Crippen LogP contribution >= 0.6 is 11.3 Å². The molecule has 0 spiro atoms. The van der Waals surface area contributed by atoms with Gasteiger partial charge >= 0.3 is 0 Å². The Morgan fingerprint density at radius 2 is 0.984 bits per heavy atom. The number of anilines is 3. The third-order valence-corrected chi connectivity index (χ3v) is 13.5. The van der Waals surface area contributed by atoms with E-state index in [9.17, 15) is 0 Å². The number of thiophene rings is 1. The van der Waals surface area contributed by atoms with Gasteiger partial charge in [-0.15, -0.1) is 11.3 Å². The van der Waals surface area contributed by atoms with E-state index in [-0.39, 0.29) is 0 Å². The Bertz CT molecular complexity index is 3930. The van der Waals surface area contributed by atoms with E-state index in [1.807, 2.05) is 29.5 Å². The van der Waals surface area contributed by atoms with Gasteiger partial charge in [0, 0.05) is 59.1 Å². The minimum atomic E-state index is 0.567. The summed E-state index contributed by atoms with van der Waals surface area (Å²) in [5.74, 6) is 1.82. The Hall–Kier alpha value is -8.19. The minimum Gasteiger partial charge on any atom is -0.310 e. The van der Waals surface area contributed by atoms with Crippen molar-refractivity contribution in [2.45, 2.75) is 0 Å². The molecule has 0 fully saturated rings. The van der Waals surface area contributed by atoms with E-state index in [2.05, 4.69) is 204 Å². The molecule has 0 saturated carbocycles. The predicted molar refractivity (Wildman–Crippen MR) is 265 cm³/mol. The maximum absolute atomic E-state index is 5.48. The molecule has 3 heterocycles. The van der Waals surface area contributed by atoms with E-state index in [0.29, 0.717) is 17.6 Å². The molecule has 0 N–H and O–H groups in total. The molecule has 0 unspecified atom stereocenters. The molecule has 0 aliphatic carbocycles. The van der Waals surface area contributed by atoms with Crippen LogP contribution in [0.2, 0.25) is 0 Å². The lowest BCUT2D eigenvalue weighted by Crippen LogP contribution is -2.10. The van der Waals surface area contributed by atoms with Gasteiger partial charge in [-0.1, -0.05) is 152 Å². The monoisotopic (exact) mass is 821 g/mol. The first-order chi connectivity index (χ1) is 31.2. The van der Waals surface area contributed by atoms with Crippen molar-refractivity contribution < 1.29 is 0 Å². The van der Waals surface area contributed by atoms with Crippen LogP contribution in [0.5, 0.6) is 0 Å². The maximum Gasteiger partial charge on any atom is 0.238 e. The molecule has 3 aromatic heterocycles.